The number of hydrogen-bond donors (Lipinski definition) is 0. The summed E-state index contributed by atoms with van der Waals surface area (Å²) in [5.74, 6) is 0. The Balaban J connectivity index is 1.88. The predicted molar refractivity (Wildman–Crippen MR) is 185 cm³/mol. The molecule has 226 valence electrons. The van der Waals surface area contributed by atoms with Crippen LogP contribution in [0, 0.1) is 21.7 Å². The van der Waals surface area contributed by atoms with Crippen LogP contribution in [0.3, 0.4) is 0 Å². The van der Waals surface area contributed by atoms with E-state index < -0.39 is 0 Å². The van der Waals surface area contributed by atoms with E-state index >= 15 is 0 Å². The van der Waals surface area contributed by atoms with Crippen molar-refractivity contribution in [1.29, 1.82) is 0 Å². The van der Waals surface area contributed by atoms with Crippen LogP contribution in [0.15, 0.2) is 96.4 Å². The van der Waals surface area contributed by atoms with Gasteiger partial charge in [-0.05, 0) is 104 Å². The molecule has 0 radical (unpaired) electrons. The van der Waals surface area contributed by atoms with Crippen LogP contribution < -0.4 is 9.80 Å². The van der Waals surface area contributed by atoms with Crippen molar-refractivity contribution < 1.29 is 0 Å². The zero-order chi connectivity index (χ0) is 30.9. The van der Waals surface area contributed by atoms with Crippen molar-refractivity contribution in [2.24, 2.45) is 21.7 Å². The van der Waals surface area contributed by atoms with E-state index in [9.17, 15) is 0 Å². The second-order valence-corrected chi connectivity index (χ2v) is 16.0. The van der Waals surface area contributed by atoms with E-state index in [0.29, 0.717) is 6.04 Å². The maximum atomic E-state index is 2.62. The number of fused-ring (bicyclic) bond motifs is 1. The third-order valence-electron chi connectivity index (χ3n) is 9.21. The number of allylic oxidation sites excluding steroid dienone is 7. The van der Waals surface area contributed by atoms with Crippen LogP contribution in [-0.2, 0) is 6.42 Å². The smallest absolute Gasteiger partial charge is 0.0472 e. The zero-order valence-electron chi connectivity index (χ0n) is 28.4. The molecule has 0 fully saturated rings. The lowest BCUT2D eigenvalue weighted by Crippen LogP contribution is -2.45. The van der Waals surface area contributed by atoms with Crippen LogP contribution in [0.2, 0.25) is 0 Å². The van der Waals surface area contributed by atoms with Crippen molar-refractivity contribution in [1.82, 2.24) is 0 Å². The number of para-hydroxylation sites is 1. The van der Waals surface area contributed by atoms with Crippen molar-refractivity contribution in [2.45, 2.75) is 108 Å². The summed E-state index contributed by atoms with van der Waals surface area (Å²) in [7, 11) is 0. The molecule has 1 atom stereocenters. The Morgan fingerprint density at radius 2 is 1.55 bits per heavy atom. The molecule has 2 aromatic rings. The first-order valence-corrected chi connectivity index (χ1v) is 16.0. The van der Waals surface area contributed by atoms with Crippen molar-refractivity contribution in [3.05, 3.63) is 102 Å². The van der Waals surface area contributed by atoms with Gasteiger partial charge in [0.1, 0.15) is 0 Å². The molecule has 0 spiro atoms. The third kappa shape index (κ3) is 7.49. The Morgan fingerprint density at radius 3 is 2.24 bits per heavy atom. The van der Waals surface area contributed by atoms with Gasteiger partial charge in [0.2, 0.25) is 0 Å². The molecule has 2 aromatic carbocycles. The molecule has 0 saturated carbocycles. The highest BCUT2D eigenvalue weighted by Gasteiger charge is 2.40. The number of nitrogens with zero attached hydrogens (tertiary/aromatic N) is 2. The number of rotatable bonds is 6. The fraction of sp³-hybridized carbons (Fsp3) is 0.500. The zero-order valence-corrected chi connectivity index (χ0v) is 28.4. The second kappa shape index (κ2) is 11.9. The van der Waals surface area contributed by atoms with Gasteiger partial charge in [-0.25, -0.2) is 0 Å². The van der Waals surface area contributed by atoms with Gasteiger partial charge in [-0.1, -0.05) is 110 Å². The highest BCUT2D eigenvalue weighted by Crippen LogP contribution is 2.49. The van der Waals surface area contributed by atoms with Gasteiger partial charge in [0, 0.05) is 35.0 Å². The molecule has 0 saturated heterocycles. The topological polar surface area (TPSA) is 6.48 Å². The fourth-order valence-electron chi connectivity index (χ4n) is 7.95. The normalized spacial score (nSPS) is 23.3. The molecule has 2 aliphatic rings. The molecule has 42 heavy (non-hydrogen) atoms. The molecule has 1 heterocycles. The van der Waals surface area contributed by atoms with Crippen molar-refractivity contribution in [3.63, 3.8) is 0 Å². The Kier molecular flexibility index (Phi) is 9.08. The summed E-state index contributed by atoms with van der Waals surface area (Å²) < 4.78 is 0. The number of anilines is 3. The van der Waals surface area contributed by atoms with Gasteiger partial charge in [0.05, 0.1) is 0 Å². The van der Waals surface area contributed by atoms with Gasteiger partial charge in [0.15, 0.2) is 0 Å². The quantitative estimate of drug-likeness (QED) is 0.322. The highest BCUT2D eigenvalue weighted by molar-refractivity contribution is 5.73. The van der Waals surface area contributed by atoms with Crippen LogP contribution in [0.4, 0.5) is 17.1 Å². The van der Waals surface area contributed by atoms with E-state index in [-0.39, 0.29) is 21.7 Å². The molecule has 2 nitrogen and oxygen atoms in total. The second-order valence-electron chi connectivity index (χ2n) is 16.0. The maximum Gasteiger partial charge on any atom is 0.0472 e. The van der Waals surface area contributed by atoms with E-state index in [2.05, 4.69) is 171 Å². The summed E-state index contributed by atoms with van der Waals surface area (Å²) in [5.41, 5.74) is 8.64. The third-order valence-corrected chi connectivity index (χ3v) is 9.21. The minimum Gasteiger partial charge on any atom is -0.338 e. The summed E-state index contributed by atoms with van der Waals surface area (Å²) in [5, 5.41) is 0. The SMILES string of the molecule is C\C=C/C=C\C(C)=C\N(C1=CC(C)(C)CC(C)(C)C1)c1cccc(N2c3ccccc3CC(C)(C)CC(C)(C)C2C)c1. The standard InChI is InChI=1S/C40H56N2/c1-12-13-14-18-30(2)27-41(35-25-38(6,7)28-39(8,9)26-35)33-20-17-21-34(23-33)42-31(3)40(10,11)29-37(4,5)24-32-19-15-16-22-36(32)42/h12-23,25,27,31H,24,26,28-29H2,1-11H3/b13-12-,18-14-,30-27+. The lowest BCUT2D eigenvalue weighted by Gasteiger charge is -2.48. The van der Waals surface area contributed by atoms with Gasteiger partial charge in [-0.3, -0.25) is 0 Å². The number of hydrogen-bond acceptors (Lipinski definition) is 2. The molecular weight excluding hydrogens is 508 g/mol. The molecule has 0 N–H and O–H groups in total. The van der Waals surface area contributed by atoms with Crippen molar-refractivity contribution in [3.8, 4) is 0 Å². The van der Waals surface area contributed by atoms with Crippen LogP contribution >= 0.6 is 0 Å². The Morgan fingerprint density at radius 1 is 0.857 bits per heavy atom. The highest BCUT2D eigenvalue weighted by atomic mass is 15.2. The molecule has 0 amide bonds. The maximum absolute atomic E-state index is 2.62. The Bertz CT molecular complexity index is 1380. The van der Waals surface area contributed by atoms with E-state index in [1.165, 1.54) is 46.7 Å². The van der Waals surface area contributed by atoms with E-state index in [1.807, 2.05) is 0 Å². The molecule has 2 heteroatoms. The van der Waals surface area contributed by atoms with Gasteiger partial charge in [-0.2, -0.15) is 0 Å². The Labute approximate surface area is 257 Å². The van der Waals surface area contributed by atoms with Gasteiger partial charge in [-0.15, -0.1) is 0 Å². The average molecular weight is 565 g/mol. The number of benzene rings is 2. The van der Waals surface area contributed by atoms with Crippen LogP contribution in [0.25, 0.3) is 0 Å². The first-order valence-electron chi connectivity index (χ1n) is 16.0. The van der Waals surface area contributed by atoms with E-state index in [1.54, 1.807) is 0 Å². The summed E-state index contributed by atoms with van der Waals surface area (Å²) in [6, 6.07) is 18.7. The van der Waals surface area contributed by atoms with Crippen molar-refractivity contribution >= 4 is 17.1 Å². The molecule has 1 aliphatic heterocycles. The average Bonchev–Trinajstić information content (AvgIpc) is 2.85. The minimum absolute atomic E-state index is 0.140. The summed E-state index contributed by atoms with van der Waals surface area (Å²) >= 11 is 0. The lowest BCUT2D eigenvalue weighted by atomic mass is 9.67. The summed E-state index contributed by atoms with van der Waals surface area (Å²) in [6.07, 6.45) is 17.9. The molecule has 0 aromatic heterocycles. The summed E-state index contributed by atoms with van der Waals surface area (Å²) in [6.45, 7) is 26.1. The van der Waals surface area contributed by atoms with Crippen molar-refractivity contribution in [2.75, 3.05) is 9.80 Å². The molecule has 4 rings (SSSR count). The van der Waals surface area contributed by atoms with Crippen LogP contribution in [0.5, 0.6) is 0 Å². The van der Waals surface area contributed by atoms with E-state index in [0.717, 1.165) is 12.8 Å². The molecule has 1 unspecified atom stereocenters. The lowest BCUT2D eigenvalue weighted by molar-refractivity contribution is 0.161. The van der Waals surface area contributed by atoms with Crippen LogP contribution in [-0.4, -0.2) is 6.04 Å². The molecule has 1 aliphatic carbocycles. The first-order chi connectivity index (χ1) is 19.5. The minimum atomic E-state index is 0.140. The van der Waals surface area contributed by atoms with Gasteiger partial charge in [0.25, 0.3) is 0 Å². The van der Waals surface area contributed by atoms with E-state index in [4.69, 9.17) is 0 Å². The van der Waals surface area contributed by atoms with Crippen LogP contribution in [0.1, 0.15) is 101 Å². The summed E-state index contributed by atoms with van der Waals surface area (Å²) in [4.78, 5) is 5.09. The van der Waals surface area contributed by atoms with Gasteiger partial charge < -0.3 is 9.80 Å². The largest absolute Gasteiger partial charge is 0.338 e. The Hall–Kier alpha value is -3.00. The fourth-order valence-corrected chi connectivity index (χ4v) is 7.95. The molecule has 0 bridgehead atoms. The van der Waals surface area contributed by atoms with Gasteiger partial charge >= 0.3 is 0 Å². The predicted octanol–water partition coefficient (Wildman–Crippen LogP) is 11.8. The molecular formula is C40H56N2. The first kappa shape index (κ1) is 31.9. The monoisotopic (exact) mass is 564 g/mol.